The summed E-state index contributed by atoms with van der Waals surface area (Å²) < 4.78 is 0. The van der Waals surface area contributed by atoms with Crippen molar-refractivity contribution in [3.8, 4) is 0 Å². The number of aliphatic carboxylic acids is 1. The zero-order valence-corrected chi connectivity index (χ0v) is 37.7. The predicted octanol–water partition coefficient (Wildman–Crippen LogP) is -1.74. The van der Waals surface area contributed by atoms with Crippen molar-refractivity contribution in [3.05, 3.63) is 0 Å². The number of primary amides is 1. The van der Waals surface area contributed by atoms with Crippen LogP contribution in [0.1, 0.15) is 116 Å². The molecule has 0 spiro atoms. The lowest BCUT2D eigenvalue weighted by atomic mass is 9.89. The number of rotatable bonds is 32. The first-order valence-electron chi connectivity index (χ1n) is 22.6. The van der Waals surface area contributed by atoms with Crippen LogP contribution in [-0.2, 0) is 43.2 Å². The van der Waals surface area contributed by atoms with Gasteiger partial charge in [-0.05, 0) is 76.7 Å². The number of nitrogens with two attached hydrogens (primary N) is 2. The van der Waals surface area contributed by atoms with Gasteiger partial charge in [0.15, 0.2) is 0 Å². The molecule has 2 saturated heterocycles. The maximum Gasteiger partial charge on any atom is 0.315 e. The molecule has 0 aromatic heterocycles. The summed E-state index contributed by atoms with van der Waals surface area (Å²) in [6, 6.07) is -3.51. The quantitative estimate of drug-likeness (QED) is 0.0154. The fourth-order valence-electron chi connectivity index (χ4n) is 8.19. The molecule has 0 bridgehead atoms. The topological polar surface area (TPSA) is 371 Å². The van der Waals surface area contributed by atoms with Gasteiger partial charge in [0.2, 0.25) is 47.3 Å². The monoisotopic (exact) mass is 939 g/mol. The Labute approximate surface area is 382 Å². The van der Waals surface area contributed by atoms with Crippen LogP contribution >= 0.6 is 11.8 Å². The van der Waals surface area contributed by atoms with Gasteiger partial charge in [0, 0.05) is 42.7 Å². The molecule has 15 N–H and O–H groups in total. The first-order chi connectivity index (χ1) is 31.1. The highest BCUT2D eigenvalue weighted by molar-refractivity contribution is 8.00. The molecule has 7 atom stereocenters. The molecule has 366 valence electrons. The van der Waals surface area contributed by atoms with Crippen molar-refractivity contribution in [2.75, 3.05) is 31.9 Å². The van der Waals surface area contributed by atoms with Gasteiger partial charge in [-0.25, -0.2) is 10.3 Å². The van der Waals surface area contributed by atoms with E-state index in [2.05, 4.69) is 42.5 Å². The van der Waals surface area contributed by atoms with Crippen LogP contribution in [0.15, 0.2) is 0 Å². The van der Waals surface area contributed by atoms with Crippen LogP contribution < -0.4 is 59.5 Å². The highest BCUT2D eigenvalue weighted by atomic mass is 32.2. The Morgan fingerprint density at radius 3 is 2.08 bits per heavy atom. The van der Waals surface area contributed by atoms with E-state index in [0.29, 0.717) is 56.7 Å². The number of urea groups is 1. The SMILES string of the molecule is NCCCC[C@H](NC(=O)[C@H](CCC(=O)O)NC(=O)C(CC(=O)NO)CC1CCCC1)C(=O)NCC(=O)NCC(=O)N[C@@H](CCCCNC(=O)CCCC[C@@H]1SC[C@@H]2NC(=O)N[C@@H]21)C(N)=O. The van der Waals surface area contributed by atoms with Gasteiger partial charge in [0.1, 0.15) is 18.1 Å². The molecule has 65 heavy (non-hydrogen) atoms. The van der Waals surface area contributed by atoms with Crippen LogP contribution in [0, 0.1) is 11.8 Å². The van der Waals surface area contributed by atoms with E-state index in [4.69, 9.17) is 16.7 Å². The molecule has 10 amide bonds. The average Bonchev–Trinajstić information content (AvgIpc) is 4.02. The van der Waals surface area contributed by atoms with E-state index in [1.54, 1.807) is 0 Å². The first-order valence-corrected chi connectivity index (χ1v) is 23.7. The first kappa shape index (κ1) is 54.1. The van der Waals surface area contributed by atoms with Gasteiger partial charge in [-0.15, -0.1) is 0 Å². The number of unbranched alkanes of at least 4 members (excludes halogenated alkanes) is 3. The van der Waals surface area contributed by atoms with Crippen LogP contribution in [0.3, 0.4) is 0 Å². The Balaban J connectivity index is 1.40. The van der Waals surface area contributed by atoms with Gasteiger partial charge in [0.25, 0.3) is 0 Å². The average molecular weight is 940 g/mol. The molecule has 23 nitrogen and oxygen atoms in total. The maximum atomic E-state index is 13.5. The number of amides is 10. The number of carboxylic acid groups (broad SMARTS) is 1. The summed E-state index contributed by atoms with van der Waals surface area (Å²) >= 11 is 1.83. The van der Waals surface area contributed by atoms with Crippen LogP contribution in [0.5, 0.6) is 0 Å². The Morgan fingerprint density at radius 1 is 0.708 bits per heavy atom. The van der Waals surface area contributed by atoms with Gasteiger partial charge in [-0.2, -0.15) is 11.8 Å². The molecule has 3 fully saturated rings. The summed E-state index contributed by atoms with van der Waals surface area (Å²) in [6.07, 6.45) is 7.70. The number of fused-ring (bicyclic) bond motifs is 1. The number of hydrogen-bond acceptors (Lipinski definition) is 13. The van der Waals surface area contributed by atoms with Crippen molar-refractivity contribution < 1.29 is 58.3 Å². The lowest BCUT2D eigenvalue weighted by Gasteiger charge is -2.25. The van der Waals surface area contributed by atoms with E-state index in [1.807, 2.05) is 11.8 Å². The lowest BCUT2D eigenvalue weighted by molar-refractivity contribution is -0.139. The van der Waals surface area contributed by atoms with E-state index in [1.165, 1.54) is 5.48 Å². The van der Waals surface area contributed by atoms with Crippen molar-refractivity contribution in [1.82, 2.24) is 48.0 Å². The summed E-state index contributed by atoms with van der Waals surface area (Å²) in [6.45, 7) is -0.502. The van der Waals surface area contributed by atoms with E-state index in [9.17, 15) is 53.1 Å². The number of thioether (sulfide) groups is 1. The van der Waals surface area contributed by atoms with E-state index in [-0.39, 0.29) is 62.2 Å². The Hall–Kier alpha value is -5.23. The summed E-state index contributed by atoms with van der Waals surface area (Å²) in [4.78, 5) is 125. The van der Waals surface area contributed by atoms with E-state index >= 15 is 0 Å². The molecule has 3 rings (SSSR count). The number of carbonyl (C=O) groups is 10. The molecule has 1 aliphatic carbocycles. The Kier molecular flexibility index (Phi) is 24.4. The molecule has 1 saturated carbocycles. The van der Waals surface area contributed by atoms with Crippen LogP contribution in [0.4, 0.5) is 4.79 Å². The number of carboxylic acids is 1. The zero-order chi connectivity index (χ0) is 47.7. The fraction of sp³-hybridized carbons (Fsp3) is 0.756. The minimum Gasteiger partial charge on any atom is -0.481 e. The van der Waals surface area contributed by atoms with E-state index < -0.39 is 90.9 Å². The summed E-state index contributed by atoms with van der Waals surface area (Å²) in [5.74, 6) is -6.62. The number of hydrogen-bond donors (Lipinski definition) is 13. The molecule has 3 aliphatic rings. The van der Waals surface area contributed by atoms with Gasteiger partial charge in [-0.3, -0.25) is 48.4 Å². The summed E-state index contributed by atoms with van der Waals surface area (Å²) in [5, 5.41) is 39.8. The van der Waals surface area contributed by atoms with Crippen LogP contribution in [0.25, 0.3) is 0 Å². The molecule has 0 aromatic carbocycles. The van der Waals surface area contributed by atoms with Gasteiger partial charge in [0.05, 0.1) is 25.2 Å². The van der Waals surface area contributed by atoms with Crippen molar-refractivity contribution in [3.63, 3.8) is 0 Å². The van der Waals surface area contributed by atoms with Crippen LogP contribution in [0.2, 0.25) is 0 Å². The largest absolute Gasteiger partial charge is 0.481 e. The Bertz CT molecular complexity index is 1650. The molecule has 24 heteroatoms. The third kappa shape index (κ3) is 20.7. The summed E-state index contributed by atoms with van der Waals surface area (Å²) in [7, 11) is 0. The number of nitrogens with one attached hydrogen (secondary N) is 9. The van der Waals surface area contributed by atoms with Crippen molar-refractivity contribution in [2.24, 2.45) is 23.3 Å². The molecular weight excluding hydrogens is 871 g/mol. The normalized spacial score (nSPS) is 19.5. The highest BCUT2D eigenvalue weighted by Gasteiger charge is 2.42. The van der Waals surface area contributed by atoms with Gasteiger partial charge >= 0.3 is 12.0 Å². The molecular formula is C41H69N11O12S. The van der Waals surface area contributed by atoms with Crippen molar-refractivity contribution in [2.45, 2.75) is 151 Å². The molecule has 0 radical (unpaired) electrons. The second kappa shape index (κ2) is 29.3. The van der Waals surface area contributed by atoms with Crippen molar-refractivity contribution in [1.29, 1.82) is 0 Å². The molecule has 1 unspecified atom stereocenters. The highest BCUT2D eigenvalue weighted by Crippen LogP contribution is 2.33. The third-order valence-corrected chi connectivity index (χ3v) is 13.3. The fourth-order valence-corrected chi connectivity index (χ4v) is 9.73. The number of hydroxylamine groups is 1. The smallest absolute Gasteiger partial charge is 0.315 e. The van der Waals surface area contributed by atoms with Crippen LogP contribution in [-0.4, -0.2) is 137 Å². The minimum atomic E-state index is -1.41. The lowest BCUT2D eigenvalue weighted by Crippen LogP contribution is -2.55. The third-order valence-electron chi connectivity index (χ3n) is 11.7. The summed E-state index contributed by atoms with van der Waals surface area (Å²) in [5.41, 5.74) is 12.6. The molecule has 2 aliphatic heterocycles. The molecule has 0 aromatic rings. The van der Waals surface area contributed by atoms with Gasteiger partial charge in [-0.1, -0.05) is 32.1 Å². The van der Waals surface area contributed by atoms with Gasteiger partial charge < -0.3 is 59.1 Å². The maximum absolute atomic E-state index is 13.5. The van der Waals surface area contributed by atoms with E-state index in [0.717, 1.165) is 44.3 Å². The molecule has 2 heterocycles. The Morgan fingerprint density at radius 2 is 1.38 bits per heavy atom. The van der Waals surface area contributed by atoms with Crippen molar-refractivity contribution >= 4 is 71.0 Å². The minimum absolute atomic E-state index is 0.0722. The number of carbonyl (C=O) groups excluding carboxylic acids is 9. The zero-order valence-electron chi connectivity index (χ0n) is 36.9. The second-order valence-corrected chi connectivity index (χ2v) is 18.2. The predicted molar refractivity (Wildman–Crippen MR) is 236 cm³/mol. The standard InChI is InChI=1S/C41H69N11O12S/c42-17-7-5-12-27(49-40(62)28(15-16-35(57)58)48-38(60)25(20-32(54)52-64)19-24-9-1-2-10-24)39(61)46-21-33(55)45-22-34(56)47-26(37(43)59)11-6-8-18-44-31(53)14-4-3-13-30-36-29(23-65-30)50-41(63)51-36/h24-30,36,64H,1-23,42H2,(H2,43,59)(H,44,53)(H,45,55)(H,46,61)(H,47,56)(H,48,60)(H,49,62)(H,52,54)(H,57,58)(H2,50,51,63)/t25?,26-,27-,28-,29-,30-,36-/m0/s1. The second-order valence-electron chi connectivity index (χ2n) is 16.9.